The fourth-order valence-corrected chi connectivity index (χ4v) is 6.57. The first kappa shape index (κ1) is 22.9. The van der Waals surface area contributed by atoms with Crippen LogP contribution in [0.3, 0.4) is 0 Å². The second-order valence-corrected chi connectivity index (χ2v) is 11.9. The highest BCUT2D eigenvalue weighted by molar-refractivity contribution is 7.88. The van der Waals surface area contributed by atoms with Gasteiger partial charge in [-0.15, -0.1) is 0 Å². The molecule has 170 valence electrons. The van der Waals surface area contributed by atoms with E-state index < -0.39 is 10.0 Å². The topological polar surface area (TPSA) is 88.4 Å². The maximum absolute atomic E-state index is 11.5. The van der Waals surface area contributed by atoms with E-state index in [-0.39, 0.29) is 16.4 Å². The summed E-state index contributed by atoms with van der Waals surface area (Å²) in [4.78, 5) is 0. The molecule has 0 amide bonds. The molecule has 6 nitrogen and oxygen atoms in total. The van der Waals surface area contributed by atoms with Crippen LogP contribution < -0.4 is 14.2 Å². The molecule has 0 heterocycles. The van der Waals surface area contributed by atoms with Crippen LogP contribution in [0.5, 0.6) is 11.5 Å². The van der Waals surface area contributed by atoms with Crippen molar-refractivity contribution in [3.8, 4) is 17.6 Å². The van der Waals surface area contributed by atoms with Crippen LogP contribution in [-0.2, 0) is 15.4 Å². The largest absolute Gasteiger partial charge is 0.494 e. The normalized spacial score (nSPS) is 24.1. The lowest BCUT2D eigenvalue weighted by Crippen LogP contribution is -2.76. The Morgan fingerprint density at radius 2 is 1.78 bits per heavy atom. The summed E-state index contributed by atoms with van der Waals surface area (Å²) in [5, 5.41) is 9.87. The standard InChI is InChI=1S/C24H27ClN2O4S/c1-22(2,18-9-16(11-26)21(30-3)20(25)10-18)17-5-7-19(8-6-17)31-15-23-12-24(13-23,14-23)27-32(4,28)29/h5-10,27H,12-15H2,1-4H3. The summed E-state index contributed by atoms with van der Waals surface area (Å²) < 4.78 is 37.0. The summed E-state index contributed by atoms with van der Waals surface area (Å²) in [5.74, 6) is 1.17. The van der Waals surface area contributed by atoms with E-state index in [1.165, 1.54) is 13.4 Å². The molecule has 3 aliphatic carbocycles. The Morgan fingerprint density at radius 3 is 2.31 bits per heavy atom. The van der Waals surface area contributed by atoms with E-state index in [0.717, 1.165) is 36.1 Å². The monoisotopic (exact) mass is 474 g/mol. The highest BCUT2D eigenvalue weighted by Gasteiger charge is 2.69. The minimum Gasteiger partial charge on any atom is -0.494 e. The second-order valence-electron chi connectivity index (χ2n) is 9.77. The van der Waals surface area contributed by atoms with Crippen LogP contribution in [0.1, 0.15) is 49.8 Å². The van der Waals surface area contributed by atoms with Crippen molar-refractivity contribution in [3.05, 3.63) is 58.1 Å². The molecule has 0 radical (unpaired) electrons. The molecule has 2 aromatic carbocycles. The Balaban J connectivity index is 1.42. The van der Waals surface area contributed by atoms with Crippen molar-refractivity contribution in [1.29, 1.82) is 5.26 Å². The zero-order valence-corrected chi connectivity index (χ0v) is 20.2. The average Bonchev–Trinajstić information content (AvgIpc) is 2.67. The van der Waals surface area contributed by atoms with Gasteiger partial charge in [-0.3, -0.25) is 0 Å². The number of benzene rings is 2. The minimum atomic E-state index is -3.18. The number of nitrogens with zero attached hydrogens (tertiary/aromatic N) is 1. The van der Waals surface area contributed by atoms with Gasteiger partial charge in [0.1, 0.15) is 11.8 Å². The number of ether oxygens (including phenoxy) is 2. The van der Waals surface area contributed by atoms with E-state index in [1.54, 1.807) is 0 Å². The van der Waals surface area contributed by atoms with Gasteiger partial charge >= 0.3 is 0 Å². The van der Waals surface area contributed by atoms with Gasteiger partial charge in [-0.1, -0.05) is 37.6 Å². The molecule has 3 aliphatic rings. The molecule has 5 rings (SSSR count). The highest BCUT2D eigenvalue weighted by atomic mass is 35.5. The molecule has 1 N–H and O–H groups in total. The Labute approximate surface area is 194 Å². The van der Waals surface area contributed by atoms with Crippen molar-refractivity contribution < 1.29 is 17.9 Å². The third kappa shape index (κ3) is 4.07. The average molecular weight is 475 g/mol. The van der Waals surface area contributed by atoms with Crippen molar-refractivity contribution >= 4 is 21.6 Å². The van der Waals surface area contributed by atoms with Crippen molar-refractivity contribution in [2.24, 2.45) is 5.41 Å². The van der Waals surface area contributed by atoms with Gasteiger partial charge in [0, 0.05) is 16.4 Å². The van der Waals surface area contributed by atoms with Gasteiger partial charge in [0.25, 0.3) is 0 Å². The lowest BCUT2D eigenvalue weighted by molar-refractivity contribution is -0.162. The summed E-state index contributed by atoms with van der Waals surface area (Å²) in [7, 11) is -1.67. The van der Waals surface area contributed by atoms with E-state index in [0.29, 0.717) is 22.9 Å². The first-order valence-electron chi connectivity index (χ1n) is 10.4. The number of halogens is 1. The van der Waals surface area contributed by atoms with E-state index in [9.17, 15) is 13.7 Å². The number of hydrogen-bond acceptors (Lipinski definition) is 5. The summed E-state index contributed by atoms with van der Waals surface area (Å²) in [6.45, 7) is 4.75. The predicted molar refractivity (Wildman–Crippen MR) is 124 cm³/mol. The van der Waals surface area contributed by atoms with Gasteiger partial charge < -0.3 is 9.47 Å². The molecule has 32 heavy (non-hydrogen) atoms. The smallest absolute Gasteiger partial charge is 0.209 e. The Morgan fingerprint density at radius 1 is 1.16 bits per heavy atom. The summed E-state index contributed by atoms with van der Waals surface area (Å²) in [5.41, 5.74) is 1.86. The number of sulfonamides is 1. The lowest BCUT2D eigenvalue weighted by atomic mass is 9.40. The number of rotatable bonds is 8. The number of hydrogen-bond donors (Lipinski definition) is 1. The van der Waals surface area contributed by atoms with E-state index >= 15 is 0 Å². The number of nitrogens with one attached hydrogen (secondary N) is 1. The van der Waals surface area contributed by atoms with Crippen molar-refractivity contribution in [1.82, 2.24) is 4.72 Å². The molecule has 0 spiro atoms. The third-order valence-electron chi connectivity index (χ3n) is 6.75. The van der Waals surface area contributed by atoms with E-state index in [2.05, 4.69) is 24.6 Å². The quantitative estimate of drug-likeness (QED) is 0.612. The molecule has 2 aromatic rings. The Bertz CT molecular complexity index is 1180. The van der Waals surface area contributed by atoms with Crippen molar-refractivity contribution in [2.75, 3.05) is 20.0 Å². The van der Waals surface area contributed by atoms with Gasteiger partial charge in [-0.25, -0.2) is 13.1 Å². The van der Waals surface area contributed by atoms with E-state index in [1.807, 2.05) is 36.4 Å². The molecule has 0 saturated heterocycles. The minimum absolute atomic E-state index is 0.0865. The molecule has 0 atom stereocenters. The second kappa shape index (κ2) is 7.65. The van der Waals surface area contributed by atoms with Gasteiger partial charge in [-0.2, -0.15) is 5.26 Å². The summed E-state index contributed by atoms with van der Waals surface area (Å²) >= 11 is 6.35. The van der Waals surface area contributed by atoms with Crippen LogP contribution in [0.25, 0.3) is 0 Å². The summed E-state index contributed by atoms with van der Waals surface area (Å²) in [6, 6.07) is 13.8. The summed E-state index contributed by atoms with van der Waals surface area (Å²) in [6.07, 6.45) is 3.70. The number of methoxy groups -OCH3 is 1. The van der Waals surface area contributed by atoms with Crippen LogP contribution in [0.15, 0.2) is 36.4 Å². The van der Waals surface area contributed by atoms with Crippen LogP contribution in [0.2, 0.25) is 5.02 Å². The maximum atomic E-state index is 11.5. The molecular formula is C24H27ClN2O4S. The van der Waals surface area contributed by atoms with Gasteiger partial charge in [0.15, 0.2) is 5.75 Å². The molecule has 0 unspecified atom stereocenters. The zero-order chi connectivity index (χ0) is 23.4. The fraction of sp³-hybridized carbons (Fsp3) is 0.458. The lowest BCUT2D eigenvalue weighted by Gasteiger charge is -2.69. The molecule has 3 fully saturated rings. The van der Waals surface area contributed by atoms with Crippen LogP contribution >= 0.6 is 11.6 Å². The molecule has 0 aromatic heterocycles. The van der Waals surface area contributed by atoms with Crippen molar-refractivity contribution in [2.45, 2.75) is 44.1 Å². The Kier molecular flexibility index (Phi) is 5.48. The SMILES string of the molecule is COc1c(Cl)cc(C(C)(C)c2ccc(OCC34CC(NS(C)(=O)=O)(C3)C4)cc2)cc1C#N. The van der Waals surface area contributed by atoms with E-state index in [4.69, 9.17) is 21.1 Å². The first-order valence-corrected chi connectivity index (χ1v) is 12.7. The molecule has 0 aliphatic heterocycles. The van der Waals surface area contributed by atoms with Crippen LogP contribution in [0, 0.1) is 16.7 Å². The molecule has 3 saturated carbocycles. The predicted octanol–water partition coefficient (Wildman–Crippen LogP) is 4.40. The first-order chi connectivity index (χ1) is 14.9. The molecular weight excluding hydrogens is 448 g/mol. The van der Waals surface area contributed by atoms with Gasteiger partial charge in [-0.05, 0) is 54.7 Å². The van der Waals surface area contributed by atoms with Gasteiger partial charge in [0.2, 0.25) is 10.0 Å². The zero-order valence-electron chi connectivity index (χ0n) is 18.7. The molecule has 2 bridgehead atoms. The number of nitriles is 1. The maximum Gasteiger partial charge on any atom is 0.209 e. The molecule has 8 heteroatoms. The fourth-order valence-electron chi connectivity index (χ4n) is 5.27. The van der Waals surface area contributed by atoms with Crippen LogP contribution in [0.4, 0.5) is 0 Å². The third-order valence-corrected chi connectivity index (χ3v) is 7.84. The van der Waals surface area contributed by atoms with Crippen molar-refractivity contribution in [3.63, 3.8) is 0 Å². The Hall–Kier alpha value is -2.27. The van der Waals surface area contributed by atoms with Gasteiger partial charge in [0.05, 0.1) is 30.6 Å². The van der Waals surface area contributed by atoms with Crippen LogP contribution in [-0.4, -0.2) is 33.9 Å². The highest BCUT2D eigenvalue weighted by Crippen LogP contribution is 2.67.